The highest BCUT2D eigenvalue weighted by atomic mass is 16.3. The largest absolute Gasteiger partial charge is 0.507 e. The van der Waals surface area contributed by atoms with Crippen LogP contribution in [0, 0.1) is 0 Å². The number of phenols is 1. The molecule has 0 aliphatic rings. The van der Waals surface area contributed by atoms with Gasteiger partial charge in [0.1, 0.15) is 17.9 Å². The number of aromatic hydroxyl groups is 1. The Bertz CT molecular complexity index is 1060. The molecule has 0 aliphatic heterocycles. The van der Waals surface area contributed by atoms with Gasteiger partial charge in [-0.25, -0.2) is 0 Å². The summed E-state index contributed by atoms with van der Waals surface area (Å²) >= 11 is 0. The van der Waals surface area contributed by atoms with Crippen LogP contribution >= 0.6 is 0 Å². The van der Waals surface area contributed by atoms with E-state index in [1.165, 1.54) is 0 Å². The van der Waals surface area contributed by atoms with Crippen molar-refractivity contribution in [3.8, 4) is 5.75 Å². The van der Waals surface area contributed by atoms with Gasteiger partial charge >= 0.3 is 0 Å². The fourth-order valence-electron chi connectivity index (χ4n) is 3.75. The molecule has 0 bridgehead atoms. The summed E-state index contributed by atoms with van der Waals surface area (Å²) in [6.45, 7) is 12.8. The lowest BCUT2D eigenvalue weighted by molar-refractivity contribution is 0.148. The molecule has 0 amide bonds. The molecule has 0 aliphatic carbocycles. The average Bonchev–Trinajstić information content (AvgIpc) is 2.74. The van der Waals surface area contributed by atoms with E-state index in [9.17, 15) is 10.2 Å². The molecule has 2 atom stereocenters. The monoisotopic (exact) mass is 429 g/mol. The Balaban J connectivity index is 2.10. The lowest BCUT2D eigenvalue weighted by Crippen LogP contribution is -2.17. The number of rotatable bonds is 5. The Morgan fingerprint density at radius 1 is 0.750 bits per heavy atom. The van der Waals surface area contributed by atoms with Crippen molar-refractivity contribution in [1.82, 2.24) is 0 Å². The van der Waals surface area contributed by atoms with E-state index in [4.69, 9.17) is 4.99 Å². The third kappa shape index (κ3) is 5.46. The lowest BCUT2D eigenvalue weighted by Gasteiger charge is -2.27. The van der Waals surface area contributed by atoms with Gasteiger partial charge in [-0.15, -0.1) is 0 Å². The minimum absolute atomic E-state index is 0.0708. The van der Waals surface area contributed by atoms with Crippen molar-refractivity contribution in [3.05, 3.63) is 101 Å². The molecule has 3 rings (SSSR count). The fourth-order valence-corrected chi connectivity index (χ4v) is 3.75. The topological polar surface area (TPSA) is 52.8 Å². The number of aliphatic hydroxyl groups is 1. The second-order valence-corrected chi connectivity index (χ2v) is 10.5. The first-order valence-corrected chi connectivity index (χ1v) is 11.2. The van der Waals surface area contributed by atoms with Crippen LogP contribution in [0.1, 0.15) is 81.5 Å². The smallest absolute Gasteiger partial charge is 0.128 e. The van der Waals surface area contributed by atoms with Gasteiger partial charge in [-0.2, -0.15) is 0 Å². The molecule has 3 heteroatoms. The molecule has 0 aromatic heterocycles. The van der Waals surface area contributed by atoms with E-state index in [-0.39, 0.29) is 16.6 Å². The van der Waals surface area contributed by atoms with Gasteiger partial charge in [-0.1, -0.05) is 108 Å². The van der Waals surface area contributed by atoms with Gasteiger partial charge in [0.15, 0.2) is 0 Å². The van der Waals surface area contributed by atoms with Gasteiger partial charge in [-0.05, 0) is 33.6 Å². The summed E-state index contributed by atoms with van der Waals surface area (Å²) in [5.41, 5.74) is 4.15. The summed E-state index contributed by atoms with van der Waals surface area (Å²) < 4.78 is 0. The van der Waals surface area contributed by atoms with Crippen LogP contribution in [0.2, 0.25) is 0 Å². The van der Waals surface area contributed by atoms with Gasteiger partial charge in [0, 0.05) is 17.3 Å². The van der Waals surface area contributed by atoms with E-state index in [0.717, 1.165) is 22.3 Å². The number of aliphatic hydroxyl groups excluding tert-OH is 1. The molecular formula is C29H35NO2. The maximum atomic E-state index is 11.2. The minimum atomic E-state index is -0.801. The highest BCUT2D eigenvalue weighted by Gasteiger charge is 2.25. The number of phenolic OH excluding ortho intramolecular Hbond substituents is 1. The molecule has 0 spiro atoms. The van der Waals surface area contributed by atoms with Crippen molar-refractivity contribution in [2.24, 2.45) is 4.99 Å². The minimum Gasteiger partial charge on any atom is -0.507 e. The number of benzene rings is 3. The van der Waals surface area contributed by atoms with Crippen LogP contribution in [-0.4, -0.2) is 16.4 Å². The van der Waals surface area contributed by atoms with Crippen LogP contribution in [-0.2, 0) is 10.8 Å². The predicted octanol–water partition coefficient (Wildman–Crippen LogP) is 6.88. The second kappa shape index (κ2) is 9.30. The Morgan fingerprint density at radius 3 is 1.78 bits per heavy atom. The van der Waals surface area contributed by atoms with E-state index < -0.39 is 12.1 Å². The predicted molar refractivity (Wildman–Crippen MR) is 134 cm³/mol. The molecule has 0 fully saturated rings. The summed E-state index contributed by atoms with van der Waals surface area (Å²) in [5.74, 6) is 0.246. The van der Waals surface area contributed by atoms with Gasteiger partial charge in [0.2, 0.25) is 0 Å². The van der Waals surface area contributed by atoms with Gasteiger partial charge < -0.3 is 10.2 Å². The molecule has 3 aromatic rings. The van der Waals surface area contributed by atoms with Crippen LogP contribution in [0.15, 0.2) is 77.8 Å². The summed E-state index contributed by atoms with van der Waals surface area (Å²) in [4.78, 5) is 4.81. The Morgan fingerprint density at radius 2 is 1.28 bits per heavy atom. The van der Waals surface area contributed by atoms with Crippen LogP contribution in [0.5, 0.6) is 5.75 Å². The highest BCUT2D eigenvalue weighted by molar-refractivity contribution is 5.85. The van der Waals surface area contributed by atoms with E-state index in [2.05, 4.69) is 47.6 Å². The molecule has 0 saturated carbocycles. The van der Waals surface area contributed by atoms with E-state index in [0.29, 0.717) is 5.56 Å². The number of nitrogens with zero attached hydrogens (tertiary/aromatic N) is 1. The number of hydrogen-bond donors (Lipinski definition) is 2. The summed E-state index contributed by atoms with van der Waals surface area (Å²) in [6, 6.07) is 23.0. The van der Waals surface area contributed by atoms with Crippen molar-refractivity contribution >= 4 is 6.21 Å². The zero-order valence-corrected chi connectivity index (χ0v) is 20.0. The third-order valence-corrected chi connectivity index (χ3v) is 5.77. The molecule has 2 N–H and O–H groups in total. The molecule has 168 valence electrons. The van der Waals surface area contributed by atoms with Crippen LogP contribution in [0.25, 0.3) is 0 Å². The Kier molecular flexibility index (Phi) is 6.90. The van der Waals surface area contributed by atoms with Crippen molar-refractivity contribution in [1.29, 1.82) is 0 Å². The van der Waals surface area contributed by atoms with E-state index >= 15 is 0 Å². The van der Waals surface area contributed by atoms with Gasteiger partial charge in [0.05, 0.1) is 0 Å². The maximum absolute atomic E-state index is 11.2. The third-order valence-electron chi connectivity index (χ3n) is 5.77. The molecule has 0 radical (unpaired) electrons. The molecule has 0 unspecified atom stereocenters. The normalized spacial score (nSPS) is 14.5. The van der Waals surface area contributed by atoms with Crippen LogP contribution in [0.4, 0.5) is 0 Å². The van der Waals surface area contributed by atoms with Gasteiger partial charge in [-0.3, -0.25) is 4.99 Å². The van der Waals surface area contributed by atoms with Crippen LogP contribution < -0.4 is 0 Å². The highest BCUT2D eigenvalue weighted by Crippen LogP contribution is 2.38. The molecule has 0 heterocycles. The quantitative estimate of drug-likeness (QED) is 0.434. The second-order valence-electron chi connectivity index (χ2n) is 10.5. The summed E-state index contributed by atoms with van der Waals surface area (Å²) in [7, 11) is 0. The van der Waals surface area contributed by atoms with Crippen molar-refractivity contribution < 1.29 is 10.2 Å². The van der Waals surface area contributed by atoms with Crippen molar-refractivity contribution in [2.45, 2.75) is 64.5 Å². The molecular weight excluding hydrogens is 394 g/mol. The number of hydrogen-bond acceptors (Lipinski definition) is 3. The summed E-state index contributed by atoms with van der Waals surface area (Å²) in [5, 5.41) is 22.3. The first kappa shape index (κ1) is 23.7. The zero-order valence-electron chi connectivity index (χ0n) is 20.0. The lowest BCUT2D eigenvalue weighted by atomic mass is 9.79. The first-order valence-electron chi connectivity index (χ1n) is 11.2. The Labute approximate surface area is 192 Å². The van der Waals surface area contributed by atoms with Crippen molar-refractivity contribution in [2.75, 3.05) is 0 Å². The molecule has 3 nitrogen and oxygen atoms in total. The zero-order chi connectivity index (χ0) is 23.5. The maximum Gasteiger partial charge on any atom is 0.128 e. The standard InChI is InChI=1S/C29H35NO2/c1-28(2,3)23-17-22(26(31)24(18-23)29(4,5)6)19-30-25(20-13-9-7-10-14-20)27(32)21-15-11-8-12-16-21/h7-19,25,27,31-32H,1-6H3/b30-19+/t25-,27+/m0/s1. The van der Waals surface area contributed by atoms with Gasteiger partial charge in [0.25, 0.3) is 0 Å². The van der Waals surface area contributed by atoms with E-state index in [1.807, 2.05) is 66.7 Å². The number of aliphatic imine (C=N–C) groups is 1. The summed E-state index contributed by atoms with van der Waals surface area (Å²) in [6.07, 6.45) is 0.911. The molecule has 32 heavy (non-hydrogen) atoms. The fraction of sp³-hybridized carbons (Fsp3) is 0.345. The molecule has 3 aromatic carbocycles. The van der Waals surface area contributed by atoms with Crippen LogP contribution in [0.3, 0.4) is 0 Å². The molecule has 0 saturated heterocycles. The average molecular weight is 430 g/mol. The van der Waals surface area contributed by atoms with E-state index in [1.54, 1.807) is 6.21 Å². The van der Waals surface area contributed by atoms with Crippen molar-refractivity contribution in [3.63, 3.8) is 0 Å². The SMILES string of the molecule is CC(C)(C)c1cc(/C=N/[C@@H](c2ccccc2)[C@H](O)c2ccccc2)c(O)c(C(C)(C)C)c1. The Hall–Kier alpha value is -2.91. The first-order chi connectivity index (χ1) is 15.0.